The number of methoxy groups -OCH3 is 1. The van der Waals surface area contributed by atoms with Gasteiger partial charge < -0.3 is 24.7 Å². The lowest BCUT2D eigenvalue weighted by Gasteiger charge is -2.26. The number of ether oxygens (including phenoxy) is 1. The smallest absolute Gasteiger partial charge is 0.295 e. The number of carbonyl (C=O) groups excluding carboxylic acids is 2. The van der Waals surface area contributed by atoms with Crippen molar-refractivity contribution in [3.63, 3.8) is 0 Å². The van der Waals surface area contributed by atoms with Gasteiger partial charge in [-0.05, 0) is 49.8 Å². The van der Waals surface area contributed by atoms with Gasteiger partial charge in [-0.3, -0.25) is 14.6 Å². The van der Waals surface area contributed by atoms with Crippen LogP contribution in [0.25, 0.3) is 5.76 Å². The Morgan fingerprint density at radius 1 is 1.22 bits per heavy atom. The maximum atomic E-state index is 13.0. The van der Waals surface area contributed by atoms with Gasteiger partial charge in [0.2, 0.25) is 0 Å². The summed E-state index contributed by atoms with van der Waals surface area (Å²) in [6.45, 7) is 7.09. The Labute approximate surface area is 187 Å². The molecular weight excluding hydrogens is 410 g/mol. The van der Waals surface area contributed by atoms with Crippen LogP contribution in [0.3, 0.4) is 0 Å². The fourth-order valence-corrected chi connectivity index (χ4v) is 3.98. The number of likely N-dealkylation sites (tertiary alicyclic amines) is 1. The van der Waals surface area contributed by atoms with Crippen molar-refractivity contribution in [3.8, 4) is 11.5 Å². The first-order valence-electron chi connectivity index (χ1n) is 10.7. The molecule has 2 heterocycles. The zero-order valence-electron chi connectivity index (χ0n) is 18.6. The summed E-state index contributed by atoms with van der Waals surface area (Å²) in [5, 5.41) is 21.4. The molecule has 2 N–H and O–H groups in total. The van der Waals surface area contributed by atoms with E-state index >= 15 is 0 Å². The first-order valence-corrected chi connectivity index (χ1v) is 10.7. The number of phenols is 1. The number of hydrogen-bond donors (Lipinski definition) is 2. The van der Waals surface area contributed by atoms with Crippen LogP contribution in [0.5, 0.6) is 11.5 Å². The fraction of sp³-hybridized carbons (Fsp3) is 0.375. The van der Waals surface area contributed by atoms with Crippen LogP contribution in [0.4, 0.5) is 0 Å². The molecule has 3 rings (SSSR count). The van der Waals surface area contributed by atoms with Gasteiger partial charge in [0.25, 0.3) is 11.7 Å². The average Bonchev–Trinajstić information content (AvgIpc) is 3.06. The molecule has 1 fully saturated rings. The van der Waals surface area contributed by atoms with Gasteiger partial charge in [-0.2, -0.15) is 0 Å². The van der Waals surface area contributed by atoms with Crippen LogP contribution in [0.1, 0.15) is 37.4 Å². The number of aromatic hydroxyl groups is 1. The molecule has 1 aliphatic rings. The summed E-state index contributed by atoms with van der Waals surface area (Å²) < 4.78 is 5.08. The second-order valence-electron chi connectivity index (χ2n) is 7.54. The number of aliphatic hydroxyl groups excluding tert-OH is 1. The molecule has 8 nitrogen and oxygen atoms in total. The van der Waals surface area contributed by atoms with E-state index in [1.54, 1.807) is 30.6 Å². The number of aliphatic hydroxyl groups is 1. The highest BCUT2D eigenvalue weighted by Crippen LogP contribution is 2.41. The Morgan fingerprint density at radius 3 is 2.56 bits per heavy atom. The largest absolute Gasteiger partial charge is 0.507 e. The summed E-state index contributed by atoms with van der Waals surface area (Å²) >= 11 is 0. The van der Waals surface area contributed by atoms with Crippen molar-refractivity contribution in [2.24, 2.45) is 0 Å². The zero-order valence-corrected chi connectivity index (χ0v) is 18.6. The summed E-state index contributed by atoms with van der Waals surface area (Å²) in [7, 11) is 1.46. The molecule has 170 valence electrons. The maximum Gasteiger partial charge on any atom is 0.295 e. The summed E-state index contributed by atoms with van der Waals surface area (Å²) in [5.74, 6) is -1.73. The third-order valence-corrected chi connectivity index (χ3v) is 5.77. The van der Waals surface area contributed by atoms with Crippen LogP contribution in [0.2, 0.25) is 0 Å². The van der Waals surface area contributed by atoms with E-state index in [0.29, 0.717) is 24.3 Å². The Morgan fingerprint density at radius 2 is 1.97 bits per heavy atom. The molecule has 0 aliphatic carbocycles. The molecule has 1 aromatic heterocycles. The lowest BCUT2D eigenvalue weighted by molar-refractivity contribution is -0.140. The molecule has 1 aliphatic heterocycles. The minimum Gasteiger partial charge on any atom is -0.507 e. The summed E-state index contributed by atoms with van der Waals surface area (Å²) in [4.78, 5) is 33.8. The molecule has 0 unspecified atom stereocenters. The van der Waals surface area contributed by atoms with Crippen molar-refractivity contribution in [3.05, 3.63) is 59.4 Å². The quantitative estimate of drug-likeness (QED) is 0.352. The van der Waals surface area contributed by atoms with Crippen molar-refractivity contribution in [1.82, 2.24) is 14.8 Å². The Hall–Kier alpha value is -3.39. The van der Waals surface area contributed by atoms with Crippen LogP contribution in [0.15, 0.2) is 48.3 Å². The van der Waals surface area contributed by atoms with Crippen LogP contribution < -0.4 is 4.74 Å². The van der Waals surface area contributed by atoms with E-state index < -0.39 is 23.5 Å². The lowest BCUT2D eigenvalue weighted by Crippen LogP contribution is -2.33. The van der Waals surface area contributed by atoms with Gasteiger partial charge >= 0.3 is 0 Å². The van der Waals surface area contributed by atoms with E-state index in [2.05, 4.69) is 23.7 Å². The molecular formula is C24H29N3O5. The van der Waals surface area contributed by atoms with E-state index in [-0.39, 0.29) is 16.9 Å². The minimum atomic E-state index is -0.790. The molecule has 32 heavy (non-hydrogen) atoms. The number of phenolic OH excluding ortho intramolecular Hbond substituents is 1. The molecule has 0 radical (unpaired) electrons. The number of rotatable bonds is 9. The number of hydrogen-bond acceptors (Lipinski definition) is 7. The molecule has 8 heteroatoms. The van der Waals surface area contributed by atoms with E-state index in [4.69, 9.17) is 4.74 Å². The Bertz CT molecular complexity index is 1000. The molecule has 0 saturated carbocycles. The normalized spacial score (nSPS) is 17.9. The minimum absolute atomic E-state index is 0.0563. The fourth-order valence-electron chi connectivity index (χ4n) is 3.98. The number of carbonyl (C=O) groups is 2. The highest BCUT2D eigenvalue weighted by molar-refractivity contribution is 6.46. The second-order valence-corrected chi connectivity index (χ2v) is 7.54. The van der Waals surface area contributed by atoms with Crippen molar-refractivity contribution in [2.75, 3.05) is 33.3 Å². The Kier molecular flexibility index (Phi) is 7.48. The third-order valence-electron chi connectivity index (χ3n) is 5.77. The van der Waals surface area contributed by atoms with E-state index in [9.17, 15) is 19.8 Å². The predicted octanol–water partition coefficient (Wildman–Crippen LogP) is 2.95. The molecule has 0 bridgehead atoms. The number of aromatic nitrogens is 1. The highest BCUT2D eigenvalue weighted by atomic mass is 16.5. The molecule has 1 aromatic carbocycles. The first kappa shape index (κ1) is 23.3. The van der Waals surface area contributed by atoms with Gasteiger partial charge in [0, 0.05) is 25.0 Å². The lowest BCUT2D eigenvalue weighted by atomic mass is 9.96. The standard InChI is InChI=1S/C24H29N3O5/c1-4-26(5-2)12-7-13-27-21(16-8-6-11-25-15-16)20(23(30)24(27)31)22(29)18-10-9-17(32-3)14-19(18)28/h6,8-11,14-15,21,28-29H,4-5,7,12-13H2,1-3H3/t21-/m0/s1. The first-order chi connectivity index (χ1) is 15.4. The number of Topliss-reactive ketones (excluding diaryl/α,β-unsaturated/α-hetero) is 1. The highest BCUT2D eigenvalue weighted by Gasteiger charge is 2.46. The van der Waals surface area contributed by atoms with Crippen molar-refractivity contribution >= 4 is 17.4 Å². The monoisotopic (exact) mass is 439 g/mol. The average molecular weight is 440 g/mol. The van der Waals surface area contributed by atoms with Crippen molar-refractivity contribution in [2.45, 2.75) is 26.3 Å². The zero-order chi connectivity index (χ0) is 23.3. The Balaban J connectivity index is 2.03. The van der Waals surface area contributed by atoms with Gasteiger partial charge in [0.15, 0.2) is 0 Å². The van der Waals surface area contributed by atoms with Crippen LogP contribution in [-0.2, 0) is 9.59 Å². The number of nitrogens with zero attached hydrogens (tertiary/aromatic N) is 3. The van der Waals surface area contributed by atoms with Crippen molar-refractivity contribution < 1.29 is 24.5 Å². The number of pyridine rings is 1. The molecule has 1 amide bonds. The third kappa shape index (κ3) is 4.60. The number of amides is 1. The van der Waals surface area contributed by atoms with Crippen LogP contribution in [0, 0.1) is 0 Å². The summed E-state index contributed by atoms with van der Waals surface area (Å²) in [6, 6.07) is 7.06. The van der Waals surface area contributed by atoms with E-state index in [0.717, 1.165) is 19.6 Å². The van der Waals surface area contributed by atoms with Gasteiger partial charge in [-0.15, -0.1) is 0 Å². The van der Waals surface area contributed by atoms with Crippen molar-refractivity contribution in [1.29, 1.82) is 0 Å². The SMILES string of the molecule is CCN(CC)CCCN1C(=O)C(=O)C(=C(O)c2ccc(OC)cc2O)[C@@H]1c1cccnc1. The molecule has 0 spiro atoms. The maximum absolute atomic E-state index is 13.0. The van der Waals surface area contributed by atoms with E-state index in [1.807, 2.05) is 0 Å². The van der Waals surface area contributed by atoms with Gasteiger partial charge in [-0.1, -0.05) is 19.9 Å². The number of benzene rings is 1. The van der Waals surface area contributed by atoms with Gasteiger partial charge in [0.1, 0.15) is 17.3 Å². The topological polar surface area (TPSA) is 103 Å². The molecule has 2 aromatic rings. The molecule has 1 saturated heterocycles. The van der Waals surface area contributed by atoms with Crippen LogP contribution >= 0.6 is 0 Å². The summed E-state index contributed by atoms with van der Waals surface area (Å²) in [6.07, 6.45) is 3.86. The predicted molar refractivity (Wildman–Crippen MR) is 120 cm³/mol. The summed E-state index contributed by atoms with van der Waals surface area (Å²) in [5.41, 5.74) is 0.608. The van der Waals surface area contributed by atoms with Gasteiger partial charge in [0.05, 0.1) is 24.3 Å². The van der Waals surface area contributed by atoms with Crippen LogP contribution in [-0.4, -0.2) is 70.0 Å². The van der Waals surface area contributed by atoms with E-state index in [1.165, 1.54) is 24.1 Å². The second kappa shape index (κ2) is 10.3. The number of ketones is 1. The molecule has 1 atom stereocenters. The van der Waals surface area contributed by atoms with Gasteiger partial charge in [-0.25, -0.2) is 0 Å².